The van der Waals surface area contributed by atoms with Gasteiger partial charge in [0.25, 0.3) is 0 Å². The molecule has 3 rings (SSSR count). The lowest BCUT2D eigenvalue weighted by Crippen LogP contribution is -2.49. The molecule has 15 heavy (non-hydrogen) atoms. The smallest absolute Gasteiger partial charge is 0.317 e. The number of hydrogen-bond donors (Lipinski definition) is 0. The van der Waals surface area contributed by atoms with Gasteiger partial charge in [0.05, 0.1) is 20.3 Å². The van der Waals surface area contributed by atoms with E-state index >= 15 is 0 Å². The number of ether oxygens (including phenoxy) is 3. The molecule has 0 atom stereocenters. The molecule has 4 nitrogen and oxygen atoms in total. The minimum absolute atomic E-state index is 0.149. The second-order valence-corrected chi connectivity index (χ2v) is 4.71. The first-order valence-electron chi connectivity index (χ1n) is 5.61. The van der Waals surface area contributed by atoms with Gasteiger partial charge in [-0.2, -0.15) is 0 Å². The van der Waals surface area contributed by atoms with E-state index in [1.165, 1.54) is 7.11 Å². The fourth-order valence-corrected chi connectivity index (χ4v) is 3.71. The summed E-state index contributed by atoms with van der Waals surface area (Å²) in [6.45, 7) is 1.21. The van der Waals surface area contributed by atoms with E-state index in [4.69, 9.17) is 14.2 Å². The number of rotatable bonds is 1. The van der Waals surface area contributed by atoms with Gasteiger partial charge in [-0.3, -0.25) is 4.79 Å². The molecule has 1 saturated heterocycles. The predicted molar refractivity (Wildman–Crippen MR) is 51.0 cm³/mol. The normalized spacial score (nSPS) is 41.3. The summed E-state index contributed by atoms with van der Waals surface area (Å²) in [5, 5.41) is 0. The third kappa shape index (κ3) is 0.923. The molecular weight excluding hydrogens is 196 g/mol. The van der Waals surface area contributed by atoms with E-state index < -0.39 is 11.2 Å². The lowest BCUT2D eigenvalue weighted by molar-refractivity contribution is -0.230. The second-order valence-electron chi connectivity index (χ2n) is 4.71. The Morgan fingerprint density at radius 2 is 1.87 bits per heavy atom. The van der Waals surface area contributed by atoms with Gasteiger partial charge >= 0.3 is 5.97 Å². The molecule has 0 aromatic carbocycles. The molecule has 1 heterocycles. The highest BCUT2D eigenvalue weighted by Gasteiger charge is 2.72. The Morgan fingerprint density at radius 3 is 2.40 bits per heavy atom. The van der Waals surface area contributed by atoms with E-state index in [2.05, 4.69) is 0 Å². The third-order valence-corrected chi connectivity index (χ3v) is 4.34. The lowest BCUT2D eigenvalue weighted by atomic mass is 9.81. The van der Waals surface area contributed by atoms with Crippen LogP contribution in [0.1, 0.15) is 25.7 Å². The van der Waals surface area contributed by atoms with Crippen molar-refractivity contribution in [3.05, 3.63) is 0 Å². The molecule has 0 aromatic rings. The van der Waals surface area contributed by atoms with Crippen LogP contribution in [-0.4, -0.2) is 32.1 Å². The highest BCUT2D eigenvalue weighted by molar-refractivity contribution is 5.79. The van der Waals surface area contributed by atoms with Crippen LogP contribution >= 0.6 is 0 Å². The summed E-state index contributed by atoms with van der Waals surface area (Å²) >= 11 is 0. The predicted octanol–water partition coefficient (Wildman–Crippen LogP) is 1.09. The Morgan fingerprint density at radius 1 is 1.27 bits per heavy atom. The summed E-state index contributed by atoms with van der Waals surface area (Å²) in [6.07, 6.45) is 3.75. The molecule has 0 radical (unpaired) electrons. The van der Waals surface area contributed by atoms with E-state index in [0.29, 0.717) is 19.1 Å². The highest BCUT2D eigenvalue weighted by Crippen LogP contribution is 2.64. The Kier molecular flexibility index (Phi) is 1.89. The molecule has 2 bridgehead atoms. The SMILES string of the molecule is COC(=O)C12CCC(CC1)C21OCCO1. The maximum absolute atomic E-state index is 12.0. The molecule has 84 valence electrons. The molecule has 2 aliphatic carbocycles. The van der Waals surface area contributed by atoms with E-state index in [1.54, 1.807) is 0 Å². The van der Waals surface area contributed by atoms with Gasteiger partial charge in [-0.1, -0.05) is 0 Å². The Balaban J connectivity index is 2.03. The summed E-state index contributed by atoms with van der Waals surface area (Å²) < 4.78 is 16.5. The van der Waals surface area contributed by atoms with Crippen molar-refractivity contribution in [3.8, 4) is 0 Å². The molecule has 1 aliphatic heterocycles. The van der Waals surface area contributed by atoms with Gasteiger partial charge in [0.1, 0.15) is 5.41 Å². The zero-order valence-electron chi connectivity index (χ0n) is 8.95. The molecule has 4 heteroatoms. The zero-order chi connectivity index (χ0) is 10.5. The highest BCUT2D eigenvalue weighted by atomic mass is 16.7. The van der Waals surface area contributed by atoms with Gasteiger partial charge < -0.3 is 14.2 Å². The van der Waals surface area contributed by atoms with Gasteiger partial charge in [-0.15, -0.1) is 0 Å². The average Bonchev–Trinajstić information content (AvgIpc) is 2.96. The van der Waals surface area contributed by atoms with Crippen molar-refractivity contribution < 1.29 is 19.0 Å². The first-order chi connectivity index (χ1) is 7.25. The maximum Gasteiger partial charge on any atom is 0.317 e. The standard InChI is InChI=1S/C11H16O4/c1-13-9(12)10-4-2-8(3-5-10)11(10)14-6-7-15-11/h8H,2-7H2,1H3. The maximum atomic E-state index is 12.0. The zero-order valence-corrected chi connectivity index (χ0v) is 8.95. The summed E-state index contributed by atoms with van der Waals surface area (Å²) in [6, 6.07) is 0. The summed E-state index contributed by atoms with van der Waals surface area (Å²) in [7, 11) is 1.45. The molecule has 0 unspecified atom stereocenters. The van der Waals surface area contributed by atoms with Crippen molar-refractivity contribution in [2.24, 2.45) is 11.3 Å². The van der Waals surface area contributed by atoms with Crippen molar-refractivity contribution in [2.75, 3.05) is 20.3 Å². The van der Waals surface area contributed by atoms with Crippen LogP contribution < -0.4 is 0 Å². The van der Waals surface area contributed by atoms with Gasteiger partial charge in [0, 0.05) is 5.92 Å². The van der Waals surface area contributed by atoms with Crippen LogP contribution in [0.25, 0.3) is 0 Å². The second kappa shape index (κ2) is 2.95. The van der Waals surface area contributed by atoms with Gasteiger partial charge in [-0.05, 0) is 25.7 Å². The number of carbonyl (C=O) groups excluding carboxylic acids is 1. The van der Waals surface area contributed by atoms with Crippen LogP contribution in [0.3, 0.4) is 0 Å². The monoisotopic (exact) mass is 212 g/mol. The molecule has 1 spiro atoms. The molecular formula is C11H16O4. The van der Waals surface area contributed by atoms with Crippen LogP contribution in [0.2, 0.25) is 0 Å². The summed E-state index contributed by atoms with van der Waals surface area (Å²) in [5.74, 6) is -0.399. The van der Waals surface area contributed by atoms with E-state index in [9.17, 15) is 4.79 Å². The van der Waals surface area contributed by atoms with Crippen LogP contribution in [0.15, 0.2) is 0 Å². The number of carbonyl (C=O) groups is 1. The number of esters is 1. The molecule has 0 aromatic heterocycles. The topological polar surface area (TPSA) is 44.8 Å². The molecule has 2 saturated carbocycles. The van der Waals surface area contributed by atoms with Gasteiger partial charge in [0.15, 0.2) is 5.79 Å². The van der Waals surface area contributed by atoms with Crippen molar-refractivity contribution in [1.29, 1.82) is 0 Å². The van der Waals surface area contributed by atoms with Crippen molar-refractivity contribution in [3.63, 3.8) is 0 Å². The first kappa shape index (κ1) is 9.60. The lowest BCUT2D eigenvalue weighted by Gasteiger charge is -2.35. The van der Waals surface area contributed by atoms with E-state index in [-0.39, 0.29) is 5.97 Å². The Bertz CT molecular complexity index is 285. The van der Waals surface area contributed by atoms with Gasteiger partial charge in [-0.25, -0.2) is 0 Å². The number of methoxy groups -OCH3 is 1. The van der Waals surface area contributed by atoms with Crippen molar-refractivity contribution in [1.82, 2.24) is 0 Å². The molecule has 0 amide bonds. The van der Waals surface area contributed by atoms with E-state index in [0.717, 1.165) is 25.7 Å². The van der Waals surface area contributed by atoms with Gasteiger partial charge in [0.2, 0.25) is 0 Å². The van der Waals surface area contributed by atoms with Crippen LogP contribution in [0, 0.1) is 11.3 Å². The molecule has 0 N–H and O–H groups in total. The minimum atomic E-state index is -0.639. The fraction of sp³-hybridized carbons (Fsp3) is 0.909. The summed E-state index contributed by atoms with van der Waals surface area (Å²) in [5.41, 5.74) is -0.511. The quantitative estimate of drug-likeness (QED) is 0.610. The Hall–Kier alpha value is -0.610. The molecule has 3 aliphatic rings. The Labute approximate surface area is 88.9 Å². The van der Waals surface area contributed by atoms with Crippen molar-refractivity contribution in [2.45, 2.75) is 31.5 Å². The van der Waals surface area contributed by atoms with Crippen LogP contribution in [0.4, 0.5) is 0 Å². The van der Waals surface area contributed by atoms with Crippen LogP contribution in [0.5, 0.6) is 0 Å². The first-order valence-corrected chi connectivity index (χ1v) is 5.61. The summed E-state index contributed by atoms with van der Waals surface area (Å²) in [4.78, 5) is 12.0. The van der Waals surface area contributed by atoms with Crippen molar-refractivity contribution >= 4 is 5.97 Å². The van der Waals surface area contributed by atoms with Crippen LogP contribution in [-0.2, 0) is 19.0 Å². The van der Waals surface area contributed by atoms with E-state index in [1.807, 2.05) is 0 Å². The average molecular weight is 212 g/mol. The molecule has 3 fully saturated rings. The number of hydrogen-bond acceptors (Lipinski definition) is 4. The third-order valence-electron chi connectivity index (χ3n) is 4.34. The minimum Gasteiger partial charge on any atom is -0.468 e. The largest absolute Gasteiger partial charge is 0.468 e. The fourth-order valence-electron chi connectivity index (χ4n) is 3.71.